The topological polar surface area (TPSA) is 67.2 Å². The van der Waals surface area contributed by atoms with Crippen molar-refractivity contribution in [3.8, 4) is 0 Å². The average molecular weight is 392 g/mol. The van der Waals surface area contributed by atoms with Crippen LogP contribution in [0, 0.1) is 12.7 Å². The van der Waals surface area contributed by atoms with Crippen molar-refractivity contribution in [2.45, 2.75) is 26.4 Å². The molecule has 1 N–H and O–H groups in total. The van der Waals surface area contributed by atoms with Gasteiger partial charge in [0.15, 0.2) is 0 Å². The van der Waals surface area contributed by atoms with Crippen molar-refractivity contribution in [3.05, 3.63) is 87.6 Å². The van der Waals surface area contributed by atoms with Crippen LogP contribution in [0.4, 0.5) is 16.0 Å². The molecule has 1 aromatic heterocycles. The molecule has 2 aromatic carbocycles. The third-order valence-corrected chi connectivity index (χ3v) is 4.94. The largest absolute Gasteiger partial charge is 0.337 e. The van der Waals surface area contributed by atoms with E-state index in [-0.39, 0.29) is 12.1 Å². The van der Waals surface area contributed by atoms with Gasteiger partial charge in [-0.1, -0.05) is 30.3 Å². The Morgan fingerprint density at radius 3 is 2.72 bits per heavy atom. The molecular formula is C22H21FN4O2. The molecular weight excluding hydrogens is 371 g/mol. The van der Waals surface area contributed by atoms with E-state index < -0.39 is 11.7 Å². The van der Waals surface area contributed by atoms with Crippen molar-refractivity contribution in [1.29, 1.82) is 0 Å². The van der Waals surface area contributed by atoms with E-state index in [2.05, 4.69) is 22.4 Å². The molecule has 0 spiro atoms. The monoisotopic (exact) mass is 392 g/mol. The Morgan fingerprint density at radius 2 is 1.93 bits per heavy atom. The van der Waals surface area contributed by atoms with Gasteiger partial charge in [-0.15, -0.1) is 0 Å². The minimum atomic E-state index is -0.440. The molecule has 0 fully saturated rings. The number of nitrogens with one attached hydrogen (secondary N) is 1. The lowest BCUT2D eigenvalue weighted by Crippen LogP contribution is -2.38. The van der Waals surface area contributed by atoms with E-state index >= 15 is 0 Å². The quantitative estimate of drug-likeness (QED) is 0.741. The number of carbonyl (C=O) groups excluding carboxylic acids is 1. The van der Waals surface area contributed by atoms with Gasteiger partial charge >= 0.3 is 0 Å². The Bertz CT molecular complexity index is 1130. The molecule has 2 heterocycles. The molecule has 0 saturated heterocycles. The number of benzene rings is 2. The average Bonchev–Trinajstić information content (AvgIpc) is 2.69. The van der Waals surface area contributed by atoms with E-state index in [0.717, 1.165) is 6.42 Å². The number of halogens is 1. The number of aromatic nitrogens is 2. The number of anilines is 2. The van der Waals surface area contributed by atoms with Crippen molar-refractivity contribution >= 4 is 17.5 Å². The number of carbonyl (C=O) groups is 1. The van der Waals surface area contributed by atoms with Crippen LogP contribution in [-0.2, 0) is 24.3 Å². The maximum absolute atomic E-state index is 13.4. The van der Waals surface area contributed by atoms with Crippen LogP contribution in [0.5, 0.6) is 0 Å². The van der Waals surface area contributed by atoms with Gasteiger partial charge in [-0.25, -0.2) is 9.37 Å². The van der Waals surface area contributed by atoms with Crippen LogP contribution < -0.4 is 15.8 Å². The van der Waals surface area contributed by atoms with E-state index in [1.54, 1.807) is 13.0 Å². The van der Waals surface area contributed by atoms with Crippen LogP contribution >= 0.6 is 0 Å². The predicted molar refractivity (Wildman–Crippen MR) is 109 cm³/mol. The molecule has 29 heavy (non-hydrogen) atoms. The molecule has 1 amide bonds. The molecule has 0 radical (unpaired) electrons. The SMILES string of the molecule is Cc1cc(=O)n(CC(=O)Nc2cccc(F)c2)c(N2CCc3ccccc3C2)n1. The summed E-state index contributed by atoms with van der Waals surface area (Å²) in [7, 11) is 0. The predicted octanol–water partition coefficient (Wildman–Crippen LogP) is 2.89. The van der Waals surface area contributed by atoms with Crippen molar-refractivity contribution < 1.29 is 9.18 Å². The van der Waals surface area contributed by atoms with Crippen LogP contribution in [0.1, 0.15) is 16.8 Å². The van der Waals surface area contributed by atoms with Crippen LogP contribution in [0.2, 0.25) is 0 Å². The van der Waals surface area contributed by atoms with E-state index in [1.165, 1.54) is 40.0 Å². The number of hydrogen-bond donors (Lipinski definition) is 1. The van der Waals surface area contributed by atoms with E-state index in [0.29, 0.717) is 30.4 Å². The van der Waals surface area contributed by atoms with E-state index in [4.69, 9.17) is 0 Å². The first-order valence-corrected chi connectivity index (χ1v) is 9.45. The van der Waals surface area contributed by atoms with Gasteiger partial charge in [0, 0.05) is 30.5 Å². The molecule has 0 bridgehead atoms. The van der Waals surface area contributed by atoms with Crippen LogP contribution in [0.25, 0.3) is 0 Å². The smallest absolute Gasteiger partial charge is 0.255 e. The zero-order valence-corrected chi connectivity index (χ0v) is 16.1. The molecule has 0 unspecified atom stereocenters. The van der Waals surface area contributed by atoms with Crippen LogP contribution in [0.3, 0.4) is 0 Å². The molecule has 1 aliphatic rings. The first-order chi connectivity index (χ1) is 14.0. The minimum absolute atomic E-state index is 0.198. The standard InChI is InChI=1S/C22H21FN4O2/c1-15-11-21(29)27(14-20(28)25-19-8-4-7-18(23)12-19)22(24-15)26-10-9-16-5-2-3-6-17(16)13-26/h2-8,11-12H,9-10,13-14H2,1H3,(H,25,28). The van der Waals surface area contributed by atoms with Gasteiger partial charge in [-0.05, 0) is 42.7 Å². The molecule has 4 rings (SSSR count). The Labute approximate surface area is 167 Å². The maximum atomic E-state index is 13.4. The van der Waals surface area contributed by atoms with Crippen molar-refractivity contribution in [2.75, 3.05) is 16.8 Å². The van der Waals surface area contributed by atoms with Gasteiger partial charge < -0.3 is 10.2 Å². The Hall–Kier alpha value is -3.48. The lowest BCUT2D eigenvalue weighted by molar-refractivity contribution is -0.116. The second-order valence-electron chi connectivity index (χ2n) is 7.12. The molecule has 0 atom stereocenters. The lowest BCUT2D eigenvalue weighted by atomic mass is 10.0. The summed E-state index contributed by atoms with van der Waals surface area (Å²) in [5.41, 5.74) is 3.13. The first kappa shape index (κ1) is 18.9. The highest BCUT2D eigenvalue weighted by atomic mass is 19.1. The van der Waals surface area contributed by atoms with Gasteiger partial charge in [-0.3, -0.25) is 14.2 Å². The molecule has 6 nitrogen and oxygen atoms in total. The third kappa shape index (κ3) is 4.18. The molecule has 0 saturated carbocycles. The highest BCUT2D eigenvalue weighted by Crippen LogP contribution is 2.22. The normalized spacial score (nSPS) is 13.1. The number of aryl methyl sites for hydroxylation is 1. The number of amides is 1. The summed E-state index contributed by atoms with van der Waals surface area (Å²) in [6.07, 6.45) is 0.843. The van der Waals surface area contributed by atoms with Crippen molar-refractivity contribution in [1.82, 2.24) is 9.55 Å². The Kier molecular flexibility index (Phi) is 5.12. The Balaban J connectivity index is 1.61. The fraction of sp³-hybridized carbons (Fsp3) is 0.227. The lowest BCUT2D eigenvalue weighted by Gasteiger charge is -2.31. The van der Waals surface area contributed by atoms with E-state index in [1.807, 2.05) is 17.0 Å². The highest BCUT2D eigenvalue weighted by Gasteiger charge is 2.22. The molecule has 148 valence electrons. The highest BCUT2D eigenvalue weighted by molar-refractivity contribution is 5.90. The molecule has 0 aliphatic carbocycles. The summed E-state index contributed by atoms with van der Waals surface area (Å²) < 4.78 is 14.7. The van der Waals surface area contributed by atoms with Gasteiger partial charge in [-0.2, -0.15) is 0 Å². The molecule has 3 aromatic rings. The summed E-state index contributed by atoms with van der Waals surface area (Å²) in [6.45, 7) is 2.89. The molecule has 1 aliphatic heterocycles. The van der Waals surface area contributed by atoms with Gasteiger partial charge in [0.25, 0.3) is 5.56 Å². The number of hydrogen-bond acceptors (Lipinski definition) is 4. The van der Waals surface area contributed by atoms with Gasteiger partial charge in [0.05, 0.1) is 0 Å². The second-order valence-corrected chi connectivity index (χ2v) is 7.12. The molecule has 7 heteroatoms. The summed E-state index contributed by atoms with van der Waals surface area (Å²) in [5.74, 6) is -0.384. The number of nitrogens with zero attached hydrogens (tertiary/aromatic N) is 3. The number of fused-ring (bicyclic) bond motifs is 1. The van der Waals surface area contributed by atoms with Crippen LogP contribution in [-0.4, -0.2) is 22.0 Å². The maximum Gasteiger partial charge on any atom is 0.255 e. The minimum Gasteiger partial charge on any atom is -0.337 e. The third-order valence-electron chi connectivity index (χ3n) is 4.94. The first-order valence-electron chi connectivity index (χ1n) is 9.45. The Morgan fingerprint density at radius 1 is 1.14 bits per heavy atom. The van der Waals surface area contributed by atoms with Crippen molar-refractivity contribution in [2.24, 2.45) is 0 Å². The summed E-state index contributed by atoms with van der Waals surface area (Å²) >= 11 is 0. The van der Waals surface area contributed by atoms with Gasteiger partial charge in [0.2, 0.25) is 11.9 Å². The van der Waals surface area contributed by atoms with Gasteiger partial charge in [0.1, 0.15) is 12.4 Å². The fourth-order valence-corrected chi connectivity index (χ4v) is 3.57. The zero-order valence-electron chi connectivity index (χ0n) is 16.1. The summed E-state index contributed by atoms with van der Waals surface area (Å²) in [6, 6.07) is 15.2. The zero-order chi connectivity index (χ0) is 20.4. The number of rotatable bonds is 4. The van der Waals surface area contributed by atoms with Crippen molar-refractivity contribution in [3.63, 3.8) is 0 Å². The van der Waals surface area contributed by atoms with Crippen LogP contribution in [0.15, 0.2) is 59.4 Å². The fourth-order valence-electron chi connectivity index (χ4n) is 3.57. The second kappa shape index (κ2) is 7.87. The summed E-state index contributed by atoms with van der Waals surface area (Å²) in [5, 5.41) is 2.63. The van der Waals surface area contributed by atoms with E-state index in [9.17, 15) is 14.0 Å². The summed E-state index contributed by atoms with van der Waals surface area (Å²) in [4.78, 5) is 31.7.